The molecule has 10 nitrogen and oxygen atoms in total. The van der Waals surface area contributed by atoms with E-state index in [1.165, 1.54) is 29.5 Å². The molecule has 2 aromatic heterocycles. The van der Waals surface area contributed by atoms with E-state index in [1.54, 1.807) is 35.7 Å². The number of halogens is 3. The van der Waals surface area contributed by atoms with Crippen molar-refractivity contribution in [3.8, 4) is 29.0 Å². The molecule has 0 N–H and O–H groups in total. The topological polar surface area (TPSA) is 108 Å². The first-order valence-electron chi connectivity index (χ1n) is 15.1. The zero-order valence-electron chi connectivity index (χ0n) is 25.8. The summed E-state index contributed by atoms with van der Waals surface area (Å²) >= 11 is 7.48. The number of ether oxygens (including phenoxy) is 2. The SMILES string of the molecule is COc1ccc(Cl)cc1-c1ccc2c(N3CCN(C(=O)/C(F)=C/c4nccs4)[C@@H](CC#N)C3)nc(OC[C@@H]3CCCN3C)nc2c1F. The van der Waals surface area contributed by atoms with Crippen LogP contribution >= 0.6 is 22.9 Å². The summed E-state index contributed by atoms with van der Waals surface area (Å²) in [6, 6.07) is 9.96. The molecule has 2 fully saturated rings. The molecular weight excluding hydrogens is 648 g/mol. The van der Waals surface area contributed by atoms with Crippen LogP contribution in [0.1, 0.15) is 24.3 Å². The summed E-state index contributed by atoms with van der Waals surface area (Å²) in [4.78, 5) is 31.9. The van der Waals surface area contributed by atoms with Gasteiger partial charge in [-0.3, -0.25) is 4.79 Å². The number of carbonyl (C=O) groups is 1. The molecular formula is C33H32ClF2N7O3S. The van der Waals surface area contributed by atoms with Gasteiger partial charge in [-0.25, -0.2) is 13.8 Å². The van der Waals surface area contributed by atoms with Crippen molar-refractivity contribution in [2.75, 3.05) is 51.8 Å². The second-order valence-electron chi connectivity index (χ2n) is 11.4. The lowest BCUT2D eigenvalue weighted by Crippen LogP contribution is -2.55. The Balaban J connectivity index is 1.37. The van der Waals surface area contributed by atoms with Crippen LogP contribution in [0.5, 0.6) is 11.8 Å². The van der Waals surface area contributed by atoms with E-state index in [0.717, 1.165) is 25.5 Å². The standard InChI is InChI=1S/C33H32ClF2N7O3S/c1-41-12-3-4-22(41)19-46-33-39-30-24(7-6-23(29(30)36)25-16-20(34)5-8-27(25)45-2)31(40-33)42-13-14-43(21(18-42)9-10-37)32(44)26(35)17-28-38-11-15-47-28/h5-8,11,15-17,21-22H,3-4,9,12-14,18-19H2,1-2H3/b26-17-/t21-,22-/m0/s1. The van der Waals surface area contributed by atoms with Crippen molar-refractivity contribution in [1.82, 2.24) is 24.8 Å². The fraction of sp³-hybridized carbons (Fsp3) is 0.364. The van der Waals surface area contributed by atoms with Crippen LogP contribution in [-0.4, -0.2) is 89.7 Å². The molecule has 0 bridgehead atoms. The molecule has 4 heterocycles. The molecule has 47 heavy (non-hydrogen) atoms. The molecule has 2 saturated heterocycles. The quantitative estimate of drug-likeness (QED) is 0.198. The van der Waals surface area contributed by atoms with E-state index in [2.05, 4.69) is 20.9 Å². The van der Waals surface area contributed by atoms with Gasteiger partial charge in [-0.2, -0.15) is 15.2 Å². The van der Waals surface area contributed by atoms with Crippen LogP contribution in [0.25, 0.3) is 28.1 Å². The van der Waals surface area contributed by atoms with Crippen molar-refractivity contribution in [3.05, 3.63) is 63.6 Å². The third-order valence-electron chi connectivity index (χ3n) is 8.57. The highest BCUT2D eigenvalue weighted by Crippen LogP contribution is 2.39. The minimum Gasteiger partial charge on any atom is -0.496 e. The number of thiazole rings is 1. The Morgan fingerprint density at radius 2 is 2.04 bits per heavy atom. The Morgan fingerprint density at radius 1 is 1.19 bits per heavy atom. The molecule has 0 spiro atoms. The maximum absolute atomic E-state index is 16.5. The molecule has 0 unspecified atom stereocenters. The lowest BCUT2D eigenvalue weighted by molar-refractivity contribution is -0.131. The number of rotatable bonds is 9. The highest BCUT2D eigenvalue weighted by Gasteiger charge is 2.34. The number of methoxy groups -OCH3 is 1. The number of hydrogen-bond donors (Lipinski definition) is 0. The summed E-state index contributed by atoms with van der Waals surface area (Å²) in [7, 11) is 3.53. The number of hydrogen-bond acceptors (Lipinski definition) is 10. The molecule has 1 amide bonds. The third-order valence-corrected chi connectivity index (χ3v) is 9.53. The summed E-state index contributed by atoms with van der Waals surface area (Å²) < 4.78 is 43.1. The number of piperazine rings is 1. The van der Waals surface area contributed by atoms with Gasteiger partial charge in [0.05, 0.1) is 25.6 Å². The molecule has 2 aliphatic rings. The average molecular weight is 680 g/mol. The molecule has 0 radical (unpaired) electrons. The van der Waals surface area contributed by atoms with Crippen LogP contribution in [0.2, 0.25) is 5.02 Å². The highest BCUT2D eigenvalue weighted by atomic mass is 35.5. The largest absolute Gasteiger partial charge is 0.496 e. The molecule has 0 saturated carbocycles. The Morgan fingerprint density at radius 3 is 2.77 bits per heavy atom. The van der Waals surface area contributed by atoms with Crippen molar-refractivity contribution < 1.29 is 23.0 Å². The van der Waals surface area contributed by atoms with Gasteiger partial charge >= 0.3 is 6.01 Å². The molecule has 14 heteroatoms. The van der Waals surface area contributed by atoms with Crippen molar-refractivity contribution in [3.63, 3.8) is 0 Å². The zero-order valence-corrected chi connectivity index (χ0v) is 27.4. The number of benzene rings is 2. The normalized spacial score (nSPS) is 18.9. The van der Waals surface area contributed by atoms with Crippen LogP contribution in [0.3, 0.4) is 0 Å². The number of carbonyl (C=O) groups excluding carboxylic acids is 1. The van der Waals surface area contributed by atoms with Gasteiger partial charge in [-0.1, -0.05) is 17.7 Å². The van der Waals surface area contributed by atoms with E-state index in [0.29, 0.717) is 39.2 Å². The van der Waals surface area contributed by atoms with Crippen molar-refractivity contribution in [1.29, 1.82) is 5.26 Å². The van der Waals surface area contributed by atoms with E-state index >= 15 is 8.78 Å². The molecule has 2 aromatic carbocycles. The molecule has 0 aliphatic carbocycles. The first kappa shape index (κ1) is 32.6. The van der Waals surface area contributed by atoms with Gasteiger partial charge in [0.15, 0.2) is 11.6 Å². The Hall–Kier alpha value is -4.38. The van der Waals surface area contributed by atoms with Crippen LogP contribution in [0.15, 0.2) is 47.7 Å². The second kappa shape index (κ2) is 14.2. The number of anilines is 1. The predicted octanol–water partition coefficient (Wildman–Crippen LogP) is 5.97. The number of likely N-dealkylation sites (N-methyl/N-ethyl adjacent to an activating group) is 1. The monoisotopic (exact) mass is 679 g/mol. The molecule has 244 valence electrons. The average Bonchev–Trinajstić information content (AvgIpc) is 3.75. The number of amides is 1. The fourth-order valence-electron chi connectivity index (χ4n) is 6.10. The second-order valence-corrected chi connectivity index (χ2v) is 12.8. The summed E-state index contributed by atoms with van der Waals surface area (Å²) in [5.74, 6) is -1.54. The van der Waals surface area contributed by atoms with Gasteiger partial charge in [0, 0.05) is 64.9 Å². The summed E-state index contributed by atoms with van der Waals surface area (Å²) in [6.45, 7) is 1.81. The van der Waals surface area contributed by atoms with E-state index in [-0.39, 0.29) is 49.2 Å². The summed E-state index contributed by atoms with van der Waals surface area (Å²) in [5, 5.41) is 12.5. The van der Waals surface area contributed by atoms with Crippen LogP contribution in [0.4, 0.5) is 14.6 Å². The van der Waals surface area contributed by atoms with Crippen molar-refractivity contribution >= 4 is 51.6 Å². The highest BCUT2D eigenvalue weighted by molar-refractivity contribution is 7.10. The van der Waals surface area contributed by atoms with Gasteiger partial charge in [-0.15, -0.1) is 11.3 Å². The van der Waals surface area contributed by atoms with Crippen molar-refractivity contribution in [2.45, 2.75) is 31.3 Å². The molecule has 6 rings (SSSR count). The minimum atomic E-state index is -0.956. The first-order valence-corrected chi connectivity index (χ1v) is 16.4. The van der Waals surface area contributed by atoms with Crippen LogP contribution in [-0.2, 0) is 4.79 Å². The maximum atomic E-state index is 16.5. The summed E-state index contributed by atoms with van der Waals surface area (Å²) in [6.07, 6.45) is 4.60. The molecule has 2 aliphatic heterocycles. The summed E-state index contributed by atoms with van der Waals surface area (Å²) in [5.41, 5.74) is 0.740. The van der Waals surface area contributed by atoms with Gasteiger partial charge in [-0.05, 0) is 50.7 Å². The number of nitrogens with zero attached hydrogens (tertiary/aromatic N) is 7. The Labute approximate surface area is 279 Å². The third kappa shape index (κ3) is 6.86. The van der Waals surface area contributed by atoms with E-state index in [1.807, 2.05) is 11.9 Å². The smallest absolute Gasteiger partial charge is 0.319 e. The molecule has 2 atom stereocenters. The Bertz CT molecular complexity index is 1850. The number of likely N-dealkylation sites (tertiary alicyclic amines) is 1. The Kier molecular flexibility index (Phi) is 9.81. The van der Waals surface area contributed by atoms with Crippen LogP contribution < -0.4 is 14.4 Å². The van der Waals surface area contributed by atoms with Gasteiger partial charge in [0.25, 0.3) is 5.91 Å². The van der Waals surface area contributed by atoms with E-state index in [9.17, 15) is 10.1 Å². The minimum absolute atomic E-state index is 0.00896. The first-order chi connectivity index (χ1) is 22.8. The van der Waals surface area contributed by atoms with Gasteiger partial charge < -0.3 is 24.2 Å². The fourth-order valence-corrected chi connectivity index (χ4v) is 6.83. The zero-order chi connectivity index (χ0) is 33.1. The predicted molar refractivity (Wildman–Crippen MR) is 177 cm³/mol. The molecule has 4 aromatic rings. The number of fused-ring (bicyclic) bond motifs is 1. The lowest BCUT2D eigenvalue weighted by atomic mass is 10.0. The van der Waals surface area contributed by atoms with Gasteiger partial charge in [0.2, 0.25) is 0 Å². The number of nitriles is 1. The number of aromatic nitrogens is 3. The van der Waals surface area contributed by atoms with Crippen molar-refractivity contribution in [2.24, 2.45) is 0 Å². The van der Waals surface area contributed by atoms with Crippen LogP contribution in [0, 0.1) is 17.1 Å². The maximum Gasteiger partial charge on any atom is 0.319 e. The van der Waals surface area contributed by atoms with Gasteiger partial charge in [0.1, 0.15) is 28.7 Å². The lowest BCUT2D eigenvalue weighted by Gasteiger charge is -2.41. The van der Waals surface area contributed by atoms with E-state index < -0.39 is 23.6 Å². The van der Waals surface area contributed by atoms with E-state index in [4.69, 9.17) is 26.1 Å².